The second-order valence-corrected chi connectivity index (χ2v) is 6.91. The first kappa shape index (κ1) is 17.4. The Hall–Kier alpha value is -2.39. The molecule has 1 N–H and O–H groups in total. The van der Waals surface area contributed by atoms with Gasteiger partial charge < -0.3 is 5.21 Å². The first-order valence-corrected chi connectivity index (χ1v) is 8.79. The molecule has 0 aliphatic heterocycles. The number of carbonyl (C=O) groups is 1. The third kappa shape index (κ3) is 3.99. The quantitative estimate of drug-likeness (QED) is 0.281. The van der Waals surface area contributed by atoms with Crippen molar-refractivity contribution >= 4 is 38.8 Å². The molecule has 0 aliphatic rings. The largest absolute Gasteiger partial charge is 0.411 e. The summed E-state index contributed by atoms with van der Waals surface area (Å²) in [6.07, 6.45) is 0.148. The minimum Gasteiger partial charge on any atom is -0.411 e. The van der Waals surface area contributed by atoms with E-state index in [1.807, 2.05) is 5.38 Å². The van der Waals surface area contributed by atoms with Gasteiger partial charge in [0.2, 0.25) is 0 Å². The number of Topliss-reactive ketones (excluding diaryl/α,β-unsaturated/α-hetero) is 1. The minimum atomic E-state index is -0.392. The molecule has 3 aromatic rings. The molecule has 0 spiro atoms. The molecule has 3 rings (SSSR count). The van der Waals surface area contributed by atoms with E-state index in [1.165, 1.54) is 17.4 Å². The van der Waals surface area contributed by atoms with Crippen LogP contribution in [0, 0.1) is 5.82 Å². The summed E-state index contributed by atoms with van der Waals surface area (Å²) in [4.78, 5) is 12.8. The molecular formula is C16H11BrFN3O3S. The van der Waals surface area contributed by atoms with E-state index in [0.29, 0.717) is 14.9 Å². The Morgan fingerprint density at radius 3 is 2.84 bits per heavy atom. The van der Waals surface area contributed by atoms with Crippen molar-refractivity contribution in [2.45, 2.75) is 12.8 Å². The van der Waals surface area contributed by atoms with Crippen LogP contribution in [0.3, 0.4) is 0 Å². The number of aromatic nitrogens is 2. The number of hydrogen-bond donors (Lipinski definition) is 1. The topological polar surface area (TPSA) is 88.6 Å². The zero-order chi connectivity index (χ0) is 17.8. The van der Waals surface area contributed by atoms with E-state index < -0.39 is 5.82 Å². The van der Waals surface area contributed by atoms with Gasteiger partial charge in [0.1, 0.15) is 17.2 Å². The fourth-order valence-corrected chi connectivity index (χ4v) is 3.32. The van der Waals surface area contributed by atoms with E-state index in [0.717, 1.165) is 0 Å². The lowest BCUT2D eigenvalue weighted by atomic mass is 10.0. The normalized spacial score (nSPS) is 11.7. The van der Waals surface area contributed by atoms with Gasteiger partial charge >= 0.3 is 0 Å². The smallest absolute Gasteiger partial charge is 0.178 e. The van der Waals surface area contributed by atoms with Gasteiger partial charge in [-0.25, -0.2) is 9.02 Å². The molecule has 0 atom stereocenters. The first-order chi connectivity index (χ1) is 12.1. The molecular weight excluding hydrogens is 413 g/mol. The lowest BCUT2D eigenvalue weighted by Crippen LogP contribution is -2.12. The second kappa shape index (κ2) is 7.66. The van der Waals surface area contributed by atoms with Gasteiger partial charge in [-0.2, -0.15) is 0 Å². The monoisotopic (exact) mass is 423 g/mol. The molecule has 25 heavy (non-hydrogen) atoms. The van der Waals surface area contributed by atoms with Crippen LogP contribution in [0.1, 0.15) is 26.6 Å². The number of ketones is 1. The summed E-state index contributed by atoms with van der Waals surface area (Å²) in [5.41, 5.74) is 1.36. The van der Waals surface area contributed by atoms with Crippen LogP contribution >= 0.6 is 27.3 Å². The van der Waals surface area contributed by atoms with Crippen LogP contribution in [0.2, 0.25) is 0 Å². The molecule has 0 fully saturated rings. The summed E-state index contributed by atoms with van der Waals surface area (Å²) in [5, 5.41) is 21.9. The van der Waals surface area contributed by atoms with E-state index >= 15 is 0 Å². The van der Waals surface area contributed by atoms with Gasteiger partial charge in [-0.1, -0.05) is 22.4 Å². The Morgan fingerprint density at radius 2 is 2.16 bits per heavy atom. The van der Waals surface area contributed by atoms with Crippen molar-refractivity contribution in [3.05, 3.63) is 67.8 Å². The zero-order valence-corrected chi connectivity index (χ0v) is 15.1. The molecule has 0 unspecified atom stereocenters. The number of hydrogen-bond acceptors (Lipinski definition) is 7. The van der Waals surface area contributed by atoms with Crippen LogP contribution in [0.4, 0.5) is 4.39 Å². The number of thiophene rings is 1. The SMILES string of the molecule is O=C(Cc1nonc1/C(Cc1ccc(F)c(Br)c1)=N/O)c1cccs1. The molecule has 0 amide bonds. The molecule has 0 radical (unpaired) electrons. The second-order valence-electron chi connectivity index (χ2n) is 5.11. The summed E-state index contributed by atoms with van der Waals surface area (Å²) in [6.45, 7) is 0. The highest BCUT2D eigenvalue weighted by molar-refractivity contribution is 9.10. The number of rotatable bonds is 6. The van der Waals surface area contributed by atoms with Crippen LogP contribution in [-0.2, 0) is 12.8 Å². The highest BCUT2D eigenvalue weighted by Crippen LogP contribution is 2.19. The Balaban J connectivity index is 1.81. The molecule has 2 aromatic heterocycles. The predicted molar refractivity (Wildman–Crippen MR) is 92.8 cm³/mol. The first-order valence-electron chi connectivity index (χ1n) is 7.12. The van der Waals surface area contributed by atoms with Gasteiger partial charge in [0, 0.05) is 6.42 Å². The van der Waals surface area contributed by atoms with Crippen molar-refractivity contribution in [2.75, 3.05) is 0 Å². The fourth-order valence-electron chi connectivity index (χ4n) is 2.23. The maximum Gasteiger partial charge on any atom is 0.178 e. The predicted octanol–water partition coefficient (Wildman–Crippen LogP) is 3.88. The van der Waals surface area contributed by atoms with Crippen LogP contribution in [0.25, 0.3) is 0 Å². The van der Waals surface area contributed by atoms with Crippen molar-refractivity contribution in [2.24, 2.45) is 5.16 Å². The van der Waals surface area contributed by atoms with Crippen LogP contribution in [0.5, 0.6) is 0 Å². The lowest BCUT2D eigenvalue weighted by Gasteiger charge is -2.04. The van der Waals surface area contributed by atoms with E-state index in [-0.39, 0.29) is 35.7 Å². The van der Waals surface area contributed by atoms with Crippen LogP contribution in [-0.4, -0.2) is 27.0 Å². The van der Waals surface area contributed by atoms with Crippen molar-refractivity contribution in [3.63, 3.8) is 0 Å². The van der Waals surface area contributed by atoms with E-state index in [9.17, 15) is 14.4 Å². The molecule has 9 heteroatoms. The van der Waals surface area contributed by atoms with Gasteiger partial charge in [-0.05, 0) is 50.2 Å². The Bertz CT molecular complexity index is 925. The third-order valence-electron chi connectivity index (χ3n) is 3.43. The summed E-state index contributed by atoms with van der Waals surface area (Å²) >= 11 is 4.44. The Labute approximate surface area is 154 Å². The maximum atomic E-state index is 13.3. The van der Waals surface area contributed by atoms with Gasteiger partial charge in [0.25, 0.3) is 0 Å². The standard InChI is InChI=1S/C16H11BrFN3O3S/c17-10-6-9(3-4-11(10)18)7-12(19-23)16-13(20-24-21-16)8-14(22)15-2-1-5-25-15/h1-6,23H,7-8H2/b19-12+. The van der Waals surface area contributed by atoms with E-state index in [2.05, 4.69) is 31.4 Å². The van der Waals surface area contributed by atoms with Crippen molar-refractivity contribution in [3.8, 4) is 0 Å². The Kier molecular flexibility index (Phi) is 5.34. The van der Waals surface area contributed by atoms with Crippen LogP contribution < -0.4 is 0 Å². The van der Waals surface area contributed by atoms with Gasteiger partial charge in [0.05, 0.1) is 15.8 Å². The van der Waals surface area contributed by atoms with E-state index in [4.69, 9.17) is 4.63 Å². The summed E-state index contributed by atoms with van der Waals surface area (Å²) in [5.74, 6) is -0.523. The molecule has 0 saturated carbocycles. The van der Waals surface area contributed by atoms with Crippen LogP contribution in [0.15, 0.2) is 50.0 Å². The third-order valence-corrected chi connectivity index (χ3v) is 4.95. The molecule has 1 aromatic carbocycles. The fraction of sp³-hybridized carbons (Fsp3) is 0.125. The molecule has 0 bridgehead atoms. The van der Waals surface area contributed by atoms with Gasteiger partial charge in [0.15, 0.2) is 11.5 Å². The highest BCUT2D eigenvalue weighted by atomic mass is 79.9. The summed E-state index contributed by atoms with van der Waals surface area (Å²) < 4.78 is 18.4. The molecule has 0 aliphatic carbocycles. The molecule has 6 nitrogen and oxygen atoms in total. The summed E-state index contributed by atoms with van der Waals surface area (Å²) in [6, 6.07) is 7.95. The lowest BCUT2D eigenvalue weighted by molar-refractivity contribution is 0.0994. The zero-order valence-electron chi connectivity index (χ0n) is 12.6. The number of carbonyl (C=O) groups excluding carboxylic acids is 1. The molecule has 0 saturated heterocycles. The number of oxime groups is 1. The van der Waals surface area contributed by atoms with Gasteiger partial charge in [-0.3, -0.25) is 4.79 Å². The maximum absolute atomic E-state index is 13.3. The number of nitrogens with zero attached hydrogens (tertiary/aromatic N) is 3. The van der Waals surface area contributed by atoms with Crippen molar-refractivity contribution < 1.29 is 19.0 Å². The van der Waals surface area contributed by atoms with Crippen molar-refractivity contribution in [1.82, 2.24) is 10.3 Å². The average Bonchev–Trinajstić information content (AvgIpc) is 3.27. The Morgan fingerprint density at radius 1 is 1.32 bits per heavy atom. The van der Waals surface area contributed by atoms with E-state index in [1.54, 1.807) is 24.3 Å². The number of halogens is 2. The van der Waals surface area contributed by atoms with Crippen molar-refractivity contribution in [1.29, 1.82) is 0 Å². The molecule has 2 heterocycles. The highest BCUT2D eigenvalue weighted by Gasteiger charge is 2.21. The van der Waals surface area contributed by atoms with Gasteiger partial charge in [-0.15, -0.1) is 11.3 Å². The minimum absolute atomic E-state index is 0.0223. The molecule has 128 valence electrons. The number of benzene rings is 1. The average molecular weight is 424 g/mol. The summed E-state index contributed by atoms with van der Waals surface area (Å²) in [7, 11) is 0.